The lowest BCUT2D eigenvalue weighted by atomic mass is 10.1. The van der Waals surface area contributed by atoms with Gasteiger partial charge >= 0.3 is 5.97 Å². The molecule has 0 radical (unpaired) electrons. The van der Waals surface area contributed by atoms with Crippen molar-refractivity contribution in [2.75, 3.05) is 5.73 Å². The van der Waals surface area contributed by atoms with E-state index in [0.717, 1.165) is 11.4 Å². The van der Waals surface area contributed by atoms with E-state index in [1.54, 1.807) is 11.7 Å². The number of hydrogen-bond donors (Lipinski definition) is 1. The maximum atomic E-state index is 12.4. The number of carbonyl (C=O) groups excluding carboxylic acids is 1. The van der Waals surface area contributed by atoms with Gasteiger partial charge in [0.15, 0.2) is 0 Å². The van der Waals surface area contributed by atoms with Gasteiger partial charge in [-0.3, -0.25) is 14.3 Å². The van der Waals surface area contributed by atoms with E-state index in [-0.39, 0.29) is 17.2 Å². The number of nitrogen functional groups attached to an aromatic ring is 1. The Morgan fingerprint density at radius 3 is 2.42 bits per heavy atom. The van der Waals surface area contributed by atoms with Crippen LogP contribution in [0.4, 0.5) is 5.69 Å². The standard InChI is InChI=1S/C18H25N3O3/c1-18(2,3)24-15(22)12-8-11-14-16(19)17(23)21(20(14)4)13-9-6-5-7-10-13/h5-7,9-10H,8,11-12,19H2,1-4H3. The smallest absolute Gasteiger partial charge is 0.306 e. The largest absolute Gasteiger partial charge is 0.460 e. The van der Waals surface area contributed by atoms with E-state index in [1.165, 1.54) is 4.68 Å². The highest BCUT2D eigenvalue weighted by Gasteiger charge is 2.18. The van der Waals surface area contributed by atoms with E-state index >= 15 is 0 Å². The number of carbonyl (C=O) groups is 1. The van der Waals surface area contributed by atoms with Crippen molar-refractivity contribution in [3.05, 3.63) is 46.4 Å². The van der Waals surface area contributed by atoms with Crippen LogP contribution in [0.15, 0.2) is 35.1 Å². The first-order valence-corrected chi connectivity index (χ1v) is 8.04. The molecule has 0 saturated heterocycles. The minimum atomic E-state index is -0.487. The first-order chi connectivity index (χ1) is 11.2. The van der Waals surface area contributed by atoms with E-state index in [0.29, 0.717) is 19.3 Å². The first-order valence-electron chi connectivity index (χ1n) is 8.04. The summed E-state index contributed by atoms with van der Waals surface area (Å²) in [6, 6.07) is 9.33. The van der Waals surface area contributed by atoms with E-state index < -0.39 is 5.60 Å². The van der Waals surface area contributed by atoms with Crippen LogP contribution in [0.1, 0.15) is 39.3 Å². The second-order valence-electron chi connectivity index (χ2n) is 6.78. The topological polar surface area (TPSA) is 79.2 Å². The highest BCUT2D eigenvalue weighted by molar-refractivity contribution is 5.69. The van der Waals surface area contributed by atoms with Gasteiger partial charge in [-0.2, -0.15) is 0 Å². The van der Waals surface area contributed by atoms with Crippen molar-refractivity contribution >= 4 is 11.7 Å². The molecule has 1 aromatic heterocycles. The van der Waals surface area contributed by atoms with Crippen molar-refractivity contribution in [3.63, 3.8) is 0 Å². The second kappa shape index (κ2) is 6.95. The number of aromatic nitrogens is 2. The molecule has 0 atom stereocenters. The molecule has 0 spiro atoms. The molecular weight excluding hydrogens is 306 g/mol. The zero-order valence-electron chi connectivity index (χ0n) is 14.7. The fraction of sp³-hybridized carbons (Fsp3) is 0.444. The van der Waals surface area contributed by atoms with Gasteiger partial charge in [0, 0.05) is 13.5 Å². The molecule has 6 nitrogen and oxygen atoms in total. The summed E-state index contributed by atoms with van der Waals surface area (Å²) in [6.07, 6.45) is 1.41. The average Bonchev–Trinajstić information content (AvgIpc) is 2.70. The Morgan fingerprint density at radius 1 is 1.21 bits per heavy atom. The van der Waals surface area contributed by atoms with E-state index in [9.17, 15) is 9.59 Å². The van der Waals surface area contributed by atoms with Gasteiger partial charge in [-0.25, -0.2) is 4.68 Å². The van der Waals surface area contributed by atoms with E-state index in [4.69, 9.17) is 10.5 Å². The summed E-state index contributed by atoms with van der Waals surface area (Å²) >= 11 is 0. The Labute approximate surface area is 141 Å². The Bertz CT molecular complexity index is 767. The van der Waals surface area contributed by atoms with Crippen molar-refractivity contribution in [3.8, 4) is 5.69 Å². The molecule has 0 bridgehead atoms. The Morgan fingerprint density at radius 2 is 1.83 bits per heavy atom. The molecule has 2 rings (SSSR count). The van der Waals surface area contributed by atoms with Crippen LogP contribution < -0.4 is 11.3 Å². The monoisotopic (exact) mass is 331 g/mol. The van der Waals surface area contributed by atoms with Gasteiger partial charge in [-0.1, -0.05) is 18.2 Å². The fourth-order valence-electron chi connectivity index (χ4n) is 2.62. The minimum Gasteiger partial charge on any atom is -0.460 e. The molecule has 0 aliphatic carbocycles. The number of esters is 1. The van der Waals surface area contributed by atoms with Crippen LogP contribution in [0.5, 0.6) is 0 Å². The quantitative estimate of drug-likeness (QED) is 0.853. The number of ether oxygens (including phenoxy) is 1. The third-order valence-corrected chi connectivity index (χ3v) is 3.64. The lowest BCUT2D eigenvalue weighted by Gasteiger charge is -2.19. The van der Waals surface area contributed by atoms with Gasteiger partial charge < -0.3 is 10.5 Å². The molecule has 1 heterocycles. The number of anilines is 1. The SMILES string of the molecule is Cn1c(CCCC(=O)OC(C)(C)C)c(N)c(=O)n1-c1ccccc1. The minimum absolute atomic E-state index is 0.227. The summed E-state index contributed by atoms with van der Waals surface area (Å²) in [6.45, 7) is 5.52. The first kappa shape index (κ1) is 17.8. The van der Waals surface area contributed by atoms with Crippen LogP contribution in [0.25, 0.3) is 5.69 Å². The van der Waals surface area contributed by atoms with Crippen LogP contribution in [0.2, 0.25) is 0 Å². The lowest BCUT2D eigenvalue weighted by Crippen LogP contribution is -2.23. The maximum absolute atomic E-state index is 12.4. The highest BCUT2D eigenvalue weighted by atomic mass is 16.6. The Hall–Kier alpha value is -2.50. The van der Waals surface area contributed by atoms with Gasteiger partial charge in [0.2, 0.25) is 0 Å². The third kappa shape index (κ3) is 4.07. The average molecular weight is 331 g/mol. The molecule has 2 N–H and O–H groups in total. The number of para-hydroxylation sites is 1. The van der Waals surface area contributed by atoms with Crippen LogP contribution in [-0.2, 0) is 23.0 Å². The normalized spacial score (nSPS) is 11.5. The van der Waals surface area contributed by atoms with E-state index in [2.05, 4.69) is 0 Å². The van der Waals surface area contributed by atoms with Crippen LogP contribution in [-0.4, -0.2) is 20.9 Å². The summed E-state index contributed by atoms with van der Waals surface area (Å²) < 4.78 is 8.58. The molecule has 0 aliphatic heterocycles. The fourth-order valence-corrected chi connectivity index (χ4v) is 2.62. The lowest BCUT2D eigenvalue weighted by molar-refractivity contribution is -0.154. The van der Waals surface area contributed by atoms with Gasteiger partial charge in [-0.05, 0) is 45.7 Å². The van der Waals surface area contributed by atoms with Crippen molar-refractivity contribution in [1.82, 2.24) is 9.36 Å². The van der Waals surface area contributed by atoms with Crippen LogP contribution in [0, 0.1) is 0 Å². The zero-order valence-corrected chi connectivity index (χ0v) is 14.7. The van der Waals surface area contributed by atoms with Crippen molar-refractivity contribution in [2.24, 2.45) is 7.05 Å². The van der Waals surface area contributed by atoms with Crippen molar-refractivity contribution in [2.45, 2.75) is 45.6 Å². The molecule has 6 heteroatoms. The number of nitrogens with two attached hydrogens (primary N) is 1. The number of hydrogen-bond acceptors (Lipinski definition) is 4. The second-order valence-corrected chi connectivity index (χ2v) is 6.78. The van der Waals surface area contributed by atoms with Gasteiger partial charge in [0.05, 0.1) is 11.4 Å². The molecule has 0 unspecified atom stereocenters. The third-order valence-electron chi connectivity index (χ3n) is 3.64. The molecule has 0 fully saturated rings. The van der Waals surface area contributed by atoms with Crippen LogP contribution >= 0.6 is 0 Å². The summed E-state index contributed by atoms with van der Waals surface area (Å²) in [7, 11) is 1.80. The zero-order chi connectivity index (χ0) is 17.9. The molecule has 24 heavy (non-hydrogen) atoms. The highest BCUT2D eigenvalue weighted by Crippen LogP contribution is 2.16. The number of benzene rings is 1. The summed E-state index contributed by atoms with van der Waals surface area (Å²) in [5, 5.41) is 0. The van der Waals surface area contributed by atoms with Gasteiger partial charge in [0.1, 0.15) is 11.3 Å². The van der Waals surface area contributed by atoms with Gasteiger partial charge in [0.25, 0.3) is 5.56 Å². The summed E-state index contributed by atoms with van der Waals surface area (Å²) in [4.78, 5) is 24.2. The van der Waals surface area contributed by atoms with Crippen molar-refractivity contribution < 1.29 is 9.53 Å². The van der Waals surface area contributed by atoms with Gasteiger partial charge in [-0.15, -0.1) is 0 Å². The Balaban J connectivity index is 2.13. The maximum Gasteiger partial charge on any atom is 0.306 e. The number of nitrogens with zero attached hydrogens (tertiary/aromatic N) is 2. The molecule has 0 saturated carbocycles. The summed E-state index contributed by atoms with van der Waals surface area (Å²) in [5.41, 5.74) is 6.98. The predicted octanol–water partition coefficient (Wildman–Crippen LogP) is 2.42. The molecular formula is C18H25N3O3. The molecule has 130 valence electrons. The Kier molecular flexibility index (Phi) is 5.17. The molecule has 0 amide bonds. The van der Waals surface area contributed by atoms with Crippen molar-refractivity contribution in [1.29, 1.82) is 0 Å². The molecule has 0 aliphatic rings. The van der Waals surface area contributed by atoms with E-state index in [1.807, 2.05) is 51.1 Å². The van der Waals surface area contributed by atoms with Crippen LogP contribution in [0.3, 0.4) is 0 Å². The number of rotatable bonds is 5. The molecule has 1 aromatic carbocycles. The summed E-state index contributed by atoms with van der Waals surface area (Å²) in [5.74, 6) is -0.242. The predicted molar refractivity (Wildman–Crippen MR) is 94.2 cm³/mol. The molecule has 2 aromatic rings.